The SMILES string of the molecule is C=C(C)CNC(=S)C1CCC(C(=C)S/C=C(\C)C(=O)Nc2cc(OC)ccc2-c2ccccc2)CC1. The predicted octanol–water partition coefficient (Wildman–Crippen LogP) is 7.75. The third-order valence-electron chi connectivity index (χ3n) is 6.42. The summed E-state index contributed by atoms with van der Waals surface area (Å²) in [7, 11) is 1.62. The van der Waals surface area contributed by atoms with E-state index in [0.29, 0.717) is 23.2 Å². The zero-order chi connectivity index (χ0) is 26.1. The molecule has 190 valence electrons. The molecule has 0 unspecified atom stereocenters. The molecule has 0 heterocycles. The maximum atomic E-state index is 13.0. The molecular weight excluding hydrogens is 484 g/mol. The number of nitrogens with one attached hydrogen (secondary N) is 2. The normalized spacial score (nSPS) is 17.7. The van der Waals surface area contributed by atoms with Crippen LogP contribution in [0.15, 0.2) is 83.1 Å². The van der Waals surface area contributed by atoms with E-state index in [1.165, 1.54) is 0 Å². The third kappa shape index (κ3) is 7.84. The van der Waals surface area contributed by atoms with E-state index >= 15 is 0 Å². The van der Waals surface area contributed by atoms with Gasteiger partial charge in [-0.1, -0.05) is 61.3 Å². The number of hydrogen-bond acceptors (Lipinski definition) is 4. The first-order valence-corrected chi connectivity index (χ1v) is 13.6. The van der Waals surface area contributed by atoms with Crippen LogP contribution in [0.25, 0.3) is 11.1 Å². The minimum Gasteiger partial charge on any atom is -0.497 e. The molecule has 3 rings (SSSR count). The number of ether oxygens (including phenoxy) is 1. The van der Waals surface area contributed by atoms with Gasteiger partial charge in [0, 0.05) is 29.7 Å². The minimum atomic E-state index is -0.140. The molecule has 36 heavy (non-hydrogen) atoms. The number of allylic oxidation sites excluding steroid dienone is 1. The maximum Gasteiger partial charge on any atom is 0.251 e. The number of thioether (sulfide) groups is 1. The first kappa shape index (κ1) is 27.8. The molecule has 1 fully saturated rings. The number of hydrogen-bond donors (Lipinski definition) is 2. The lowest BCUT2D eigenvalue weighted by Gasteiger charge is -2.30. The highest BCUT2D eigenvalue weighted by molar-refractivity contribution is 8.05. The highest BCUT2D eigenvalue weighted by Gasteiger charge is 2.25. The summed E-state index contributed by atoms with van der Waals surface area (Å²) >= 11 is 7.14. The van der Waals surface area contributed by atoms with E-state index in [1.54, 1.807) is 18.9 Å². The van der Waals surface area contributed by atoms with Gasteiger partial charge in [-0.2, -0.15) is 0 Å². The van der Waals surface area contributed by atoms with Crippen LogP contribution in [-0.4, -0.2) is 24.6 Å². The van der Waals surface area contributed by atoms with E-state index in [4.69, 9.17) is 17.0 Å². The summed E-state index contributed by atoms with van der Waals surface area (Å²) in [5.74, 6) is 1.42. The molecule has 0 aliphatic heterocycles. The van der Waals surface area contributed by atoms with Gasteiger partial charge in [0.05, 0.1) is 17.8 Å². The van der Waals surface area contributed by atoms with Gasteiger partial charge < -0.3 is 15.4 Å². The molecule has 1 aliphatic carbocycles. The van der Waals surface area contributed by atoms with Crippen molar-refractivity contribution in [1.82, 2.24) is 5.32 Å². The molecule has 0 radical (unpaired) electrons. The van der Waals surface area contributed by atoms with E-state index in [0.717, 1.165) is 64.5 Å². The Labute approximate surface area is 225 Å². The molecule has 0 bridgehead atoms. The summed E-state index contributed by atoms with van der Waals surface area (Å²) in [6.45, 7) is 12.8. The predicted molar refractivity (Wildman–Crippen MR) is 158 cm³/mol. The van der Waals surface area contributed by atoms with Gasteiger partial charge in [-0.05, 0) is 73.5 Å². The Morgan fingerprint density at radius 2 is 1.75 bits per heavy atom. The van der Waals surface area contributed by atoms with Crippen LogP contribution in [0.2, 0.25) is 0 Å². The molecule has 0 atom stereocenters. The number of anilines is 1. The van der Waals surface area contributed by atoms with Crippen molar-refractivity contribution < 1.29 is 9.53 Å². The van der Waals surface area contributed by atoms with Crippen LogP contribution in [0.3, 0.4) is 0 Å². The lowest BCUT2D eigenvalue weighted by Crippen LogP contribution is -2.32. The van der Waals surface area contributed by atoms with Gasteiger partial charge in [0.2, 0.25) is 0 Å². The Hall–Kier alpha value is -2.83. The summed E-state index contributed by atoms with van der Waals surface area (Å²) in [6.07, 6.45) is 4.25. The van der Waals surface area contributed by atoms with Crippen molar-refractivity contribution in [3.63, 3.8) is 0 Å². The van der Waals surface area contributed by atoms with Crippen molar-refractivity contribution in [2.45, 2.75) is 39.5 Å². The van der Waals surface area contributed by atoms with Gasteiger partial charge >= 0.3 is 0 Å². The van der Waals surface area contributed by atoms with Crippen molar-refractivity contribution in [3.05, 3.63) is 83.1 Å². The minimum absolute atomic E-state index is 0.140. The fourth-order valence-electron chi connectivity index (χ4n) is 4.22. The van der Waals surface area contributed by atoms with E-state index in [1.807, 2.05) is 67.8 Å². The quantitative estimate of drug-likeness (QED) is 0.191. The molecule has 1 aliphatic rings. The highest BCUT2D eigenvalue weighted by Crippen LogP contribution is 2.38. The number of carbonyl (C=O) groups excluding carboxylic acids is 1. The largest absolute Gasteiger partial charge is 0.497 e. The van der Waals surface area contributed by atoms with Crippen LogP contribution >= 0.6 is 24.0 Å². The molecule has 0 spiro atoms. The fraction of sp³-hybridized carbons (Fsp3) is 0.333. The van der Waals surface area contributed by atoms with Gasteiger partial charge in [-0.25, -0.2) is 0 Å². The monoisotopic (exact) mass is 520 g/mol. The zero-order valence-electron chi connectivity index (χ0n) is 21.4. The number of methoxy groups -OCH3 is 1. The number of amides is 1. The Kier molecular flexibility index (Phi) is 10.4. The number of rotatable bonds is 10. The van der Waals surface area contributed by atoms with Crippen molar-refractivity contribution in [3.8, 4) is 16.9 Å². The first-order chi connectivity index (χ1) is 17.3. The van der Waals surface area contributed by atoms with Gasteiger partial charge in [0.25, 0.3) is 5.91 Å². The lowest BCUT2D eigenvalue weighted by molar-refractivity contribution is -0.112. The van der Waals surface area contributed by atoms with E-state index in [9.17, 15) is 4.79 Å². The van der Waals surface area contributed by atoms with Crippen molar-refractivity contribution in [2.75, 3.05) is 19.0 Å². The Morgan fingerprint density at radius 1 is 1.08 bits per heavy atom. The summed E-state index contributed by atoms with van der Waals surface area (Å²) in [6, 6.07) is 15.7. The van der Waals surface area contributed by atoms with E-state index < -0.39 is 0 Å². The van der Waals surface area contributed by atoms with Crippen LogP contribution in [-0.2, 0) is 4.79 Å². The van der Waals surface area contributed by atoms with Crippen LogP contribution < -0.4 is 15.4 Å². The van der Waals surface area contributed by atoms with Crippen LogP contribution in [0.4, 0.5) is 5.69 Å². The van der Waals surface area contributed by atoms with Crippen molar-refractivity contribution >= 4 is 40.6 Å². The number of thiocarbonyl (C=S) groups is 1. The van der Waals surface area contributed by atoms with Crippen LogP contribution in [0.1, 0.15) is 39.5 Å². The number of benzene rings is 2. The molecule has 4 nitrogen and oxygen atoms in total. The Balaban J connectivity index is 1.57. The molecule has 2 N–H and O–H groups in total. The average molecular weight is 521 g/mol. The Morgan fingerprint density at radius 3 is 2.39 bits per heavy atom. The number of carbonyl (C=O) groups is 1. The molecule has 0 saturated heterocycles. The standard InChI is InChI=1S/C30H36N2O2S2/c1-20(2)18-31-30(35)25-13-11-23(12-14-25)22(4)36-19-21(3)29(33)32-28-17-26(34-5)15-16-27(28)24-9-7-6-8-10-24/h6-10,15-17,19,23,25H,1,4,11-14,18H2,2-3,5H3,(H,31,35)(H,32,33)/b21-19+. The second kappa shape index (κ2) is 13.5. The van der Waals surface area contributed by atoms with Gasteiger partial charge in [0.15, 0.2) is 0 Å². The van der Waals surface area contributed by atoms with E-state index in [2.05, 4.69) is 23.8 Å². The molecule has 2 aromatic rings. The lowest BCUT2D eigenvalue weighted by atomic mass is 9.82. The van der Waals surface area contributed by atoms with Crippen molar-refractivity contribution in [1.29, 1.82) is 0 Å². The molecule has 2 aromatic carbocycles. The van der Waals surface area contributed by atoms with Gasteiger partial charge in [-0.3, -0.25) is 4.79 Å². The summed E-state index contributed by atoms with van der Waals surface area (Å²) in [4.78, 5) is 15.1. The summed E-state index contributed by atoms with van der Waals surface area (Å²) < 4.78 is 5.38. The average Bonchev–Trinajstić information content (AvgIpc) is 2.90. The van der Waals surface area contributed by atoms with Crippen LogP contribution in [0, 0.1) is 11.8 Å². The summed E-state index contributed by atoms with van der Waals surface area (Å²) in [5, 5.41) is 8.31. The van der Waals surface area contributed by atoms with Crippen molar-refractivity contribution in [2.24, 2.45) is 11.8 Å². The van der Waals surface area contributed by atoms with Crippen LogP contribution in [0.5, 0.6) is 5.75 Å². The Bertz CT molecular complexity index is 1130. The topological polar surface area (TPSA) is 50.4 Å². The fourth-order valence-corrected chi connectivity index (χ4v) is 5.39. The smallest absolute Gasteiger partial charge is 0.251 e. The molecule has 1 saturated carbocycles. The van der Waals surface area contributed by atoms with Gasteiger partial charge in [0.1, 0.15) is 5.75 Å². The molecule has 6 heteroatoms. The second-order valence-corrected chi connectivity index (χ2v) is 10.8. The second-order valence-electron chi connectivity index (χ2n) is 9.34. The summed E-state index contributed by atoms with van der Waals surface area (Å²) in [5.41, 5.74) is 4.43. The molecule has 0 aromatic heterocycles. The maximum absolute atomic E-state index is 13.0. The third-order valence-corrected chi connectivity index (χ3v) is 8.01. The molecule has 1 amide bonds. The van der Waals surface area contributed by atoms with E-state index in [-0.39, 0.29) is 5.91 Å². The van der Waals surface area contributed by atoms with Gasteiger partial charge in [-0.15, -0.1) is 11.8 Å². The first-order valence-electron chi connectivity index (χ1n) is 12.3. The zero-order valence-corrected chi connectivity index (χ0v) is 23.1. The highest BCUT2D eigenvalue weighted by atomic mass is 32.2. The molecular formula is C30H36N2O2S2.